The van der Waals surface area contributed by atoms with Crippen molar-refractivity contribution in [3.05, 3.63) is 53.1 Å². The first-order valence-corrected chi connectivity index (χ1v) is 5.25. The lowest BCUT2D eigenvalue weighted by molar-refractivity contribution is 1.54. The monoisotopic (exact) mass is 197 g/mol. The highest BCUT2D eigenvalue weighted by molar-refractivity contribution is 5.73. The van der Waals surface area contributed by atoms with E-state index >= 15 is 0 Å². The van der Waals surface area contributed by atoms with Gasteiger partial charge in [-0.15, -0.1) is 0 Å². The number of benzene rings is 1. The van der Waals surface area contributed by atoms with Crippen LogP contribution in [0.25, 0.3) is 18.2 Å². The molecule has 1 aromatic carbocycles. The molecule has 0 spiro atoms. The Bertz CT molecular complexity index is 362. The van der Waals surface area contributed by atoms with Gasteiger partial charge in [-0.2, -0.15) is 0 Å². The largest absolute Gasteiger partial charge is 0.0870 e. The molecule has 0 amide bonds. The Kier molecular flexibility index (Phi) is 4.62. The van der Waals surface area contributed by atoms with E-state index in [1.165, 1.54) is 16.7 Å². The van der Waals surface area contributed by atoms with Gasteiger partial charge in [0.2, 0.25) is 0 Å². The Morgan fingerprint density at radius 3 is 1.67 bits per heavy atom. The van der Waals surface area contributed by atoms with Gasteiger partial charge in [0.1, 0.15) is 0 Å². The molecule has 0 N–H and O–H groups in total. The molecule has 0 unspecified atom stereocenters. The van der Waals surface area contributed by atoms with Crippen LogP contribution in [0.2, 0.25) is 0 Å². The maximum absolute atomic E-state index is 3.16. The molecule has 0 aliphatic heterocycles. The highest BCUT2D eigenvalue weighted by Crippen LogP contribution is 2.19. The normalized spacial score (nSPS) is 12.2. The average Bonchev–Trinajstić information content (AvgIpc) is 2.23. The van der Waals surface area contributed by atoms with Gasteiger partial charge in [0.05, 0.1) is 0 Å². The van der Waals surface area contributed by atoms with Crippen molar-refractivity contribution < 1.29 is 0 Å². The van der Waals surface area contributed by atoms with Gasteiger partial charge in [0.15, 0.2) is 0 Å². The molecule has 0 aliphatic rings. The highest BCUT2D eigenvalue weighted by Gasteiger charge is 1.99. The summed E-state index contributed by atoms with van der Waals surface area (Å²) in [5, 5.41) is 0. The van der Waals surface area contributed by atoms with Crippen LogP contribution in [0.1, 0.15) is 37.5 Å². The highest BCUT2D eigenvalue weighted by atomic mass is 14.0. The lowest BCUT2D eigenvalue weighted by atomic mass is 9.99. The second-order valence-corrected chi connectivity index (χ2v) is 3.28. The molecule has 0 heterocycles. The quantitative estimate of drug-likeness (QED) is 0.665. The van der Waals surface area contributed by atoms with Gasteiger partial charge < -0.3 is 0 Å². The number of hydrogen-bond donors (Lipinski definition) is 0. The summed E-state index contributed by atoms with van der Waals surface area (Å²) in [6.07, 6.45) is 12.5. The summed E-state index contributed by atoms with van der Waals surface area (Å²) in [5.74, 6) is 0. The van der Waals surface area contributed by atoms with Gasteiger partial charge in [-0.1, -0.05) is 36.5 Å². The Hall–Kier alpha value is -1.56. The van der Waals surface area contributed by atoms with Gasteiger partial charge in [-0.3, -0.25) is 0 Å². The van der Waals surface area contributed by atoms with E-state index in [-0.39, 0.29) is 0 Å². The van der Waals surface area contributed by atoms with Crippen molar-refractivity contribution in [1.29, 1.82) is 0 Å². The first kappa shape index (κ1) is 11.5. The number of rotatable bonds is 3. The van der Waals surface area contributed by atoms with Gasteiger partial charge in [0.25, 0.3) is 0 Å². The lowest BCUT2D eigenvalue weighted by Gasteiger charge is -2.05. The van der Waals surface area contributed by atoms with Crippen molar-refractivity contribution in [2.24, 2.45) is 0 Å². The molecule has 0 saturated heterocycles. The molecule has 0 nitrogen and oxygen atoms in total. The zero-order chi connectivity index (χ0) is 11.1. The maximum atomic E-state index is 3.16. The smallest absolute Gasteiger partial charge is 0.0115 e. The Balaban J connectivity index is 3.33. The minimum absolute atomic E-state index is 1.21. The van der Waals surface area contributed by atoms with E-state index in [4.69, 9.17) is 0 Å². The molecular formula is C15H17. The first-order valence-electron chi connectivity index (χ1n) is 5.25. The van der Waals surface area contributed by atoms with Gasteiger partial charge >= 0.3 is 0 Å². The summed E-state index contributed by atoms with van der Waals surface area (Å²) < 4.78 is 0. The molecule has 0 heteroatoms. The van der Waals surface area contributed by atoms with Crippen molar-refractivity contribution in [1.82, 2.24) is 0 Å². The maximum Gasteiger partial charge on any atom is -0.0115 e. The van der Waals surface area contributed by atoms with Crippen LogP contribution in [0.3, 0.4) is 0 Å². The van der Waals surface area contributed by atoms with Crippen LogP contribution in [-0.4, -0.2) is 0 Å². The summed E-state index contributed by atoms with van der Waals surface area (Å²) in [7, 11) is 0. The summed E-state index contributed by atoms with van der Waals surface area (Å²) in [4.78, 5) is 0. The fourth-order valence-corrected chi connectivity index (χ4v) is 1.54. The summed E-state index contributed by atoms with van der Waals surface area (Å²) in [5.41, 5.74) is 3.69. The molecule has 1 rings (SSSR count). The van der Waals surface area contributed by atoms with Crippen molar-refractivity contribution in [2.45, 2.75) is 20.8 Å². The third-order valence-electron chi connectivity index (χ3n) is 2.13. The van der Waals surface area contributed by atoms with Crippen LogP contribution >= 0.6 is 0 Å². The Morgan fingerprint density at radius 2 is 1.27 bits per heavy atom. The Labute approximate surface area is 92.6 Å². The minimum Gasteiger partial charge on any atom is -0.0870 e. The topological polar surface area (TPSA) is 0 Å². The fraction of sp³-hybridized carbons (Fsp3) is 0.200. The SMILES string of the molecule is CC=Cc1c[c]cc(C=CC)c1C=CC. The van der Waals surface area contributed by atoms with Crippen molar-refractivity contribution in [3.63, 3.8) is 0 Å². The third kappa shape index (κ3) is 2.95. The van der Waals surface area contributed by atoms with Crippen LogP contribution in [-0.2, 0) is 0 Å². The fourth-order valence-electron chi connectivity index (χ4n) is 1.54. The van der Waals surface area contributed by atoms with E-state index in [1.54, 1.807) is 0 Å². The second kappa shape index (κ2) is 6.02. The molecule has 1 aromatic rings. The van der Waals surface area contributed by atoms with Crippen LogP contribution in [0.4, 0.5) is 0 Å². The minimum atomic E-state index is 1.21. The van der Waals surface area contributed by atoms with Crippen molar-refractivity contribution >= 4 is 18.2 Å². The molecule has 77 valence electrons. The van der Waals surface area contributed by atoms with E-state index in [0.717, 1.165) is 0 Å². The van der Waals surface area contributed by atoms with Crippen LogP contribution in [0.5, 0.6) is 0 Å². The molecule has 0 atom stereocenters. The summed E-state index contributed by atoms with van der Waals surface area (Å²) >= 11 is 0. The van der Waals surface area contributed by atoms with Crippen LogP contribution in [0.15, 0.2) is 30.4 Å². The molecule has 0 fully saturated rings. The van der Waals surface area contributed by atoms with Crippen LogP contribution < -0.4 is 0 Å². The zero-order valence-electron chi connectivity index (χ0n) is 9.62. The summed E-state index contributed by atoms with van der Waals surface area (Å²) in [6.45, 7) is 6.10. The predicted octanol–water partition coefficient (Wildman–Crippen LogP) is 4.59. The molecule has 0 aliphatic carbocycles. The predicted molar refractivity (Wildman–Crippen MR) is 69.4 cm³/mol. The van der Waals surface area contributed by atoms with Gasteiger partial charge in [-0.05, 0) is 55.7 Å². The number of allylic oxidation sites excluding steroid dienone is 3. The molecule has 15 heavy (non-hydrogen) atoms. The average molecular weight is 197 g/mol. The van der Waals surface area contributed by atoms with Crippen LogP contribution in [0, 0.1) is 6.07 Å². The molecule has 0 bridgehead atoms. The van der Waals surface area contributed by atoms with E-state index in [9.17, 15) is 0 Å². The molecule has 0 saturated carbocycles. The Morgan fingerprint density at radius 1 is 0.800 bits per heavy atom. The van der Waals surface area contributed by atoms with E-state index < -0.39 is 0 Å². The standard InChI is InChI=1S/C15H17/c1-4-8-13-11-7-12-14(9-5-2)15(13)10-6-3/h4-6,8-12H,1-3H3. The first-order chi connectivity index (χ1) is 7.33. The van der Waals surface area contributed by atoms with E-state index in [1.807, 2.05) is 32.9 Å². The third-order valence-corrected chi connectivity index (χ3v) is 2.13. The van der Waals surface area contributed by atoms with E-state index in [0.29, 0.717) is 0 Å². The zero-order valence-corrected chi connectivity index (χ0v) is 9.62. The van der Waals surface area contributed by atoms with Crippen molar-refractivity contribution in [3.8, 4) is 0 Å². The lowest BCUT2D eigenvalue weighted by Crippen LogP contribution is -1.85. The second-order valence-electron chi connectivity index (χ2n) is 3.28. The van der Waals surface area contributed by atoms with Gasteiger partial charge in [-0.25, -0.2) is 0 Å². The molecule has 1 radical (unpaired) electrons. The van der Waals surface area contributed by atoms with E-state index in [2.05, 4.69) is 42.5 Å². The molecule has 0 aromatic heterocycles. The number of hydrogen-bond acceptors (Lipinski definition) is 0. The molecular weight excluding hydrogens is 180 g/mol. The van der Waals surface area contributed by atoms with Crippen molar-refractivity contribution in [2.75, 3.05) is 0 Å². The summed E-state index contributed by atoms with van der Waals surface area (Å²) in [6, 6.07) is 7.19. The van der Waals surface area contributed by atoms with Gasteiger partial charge in [0, 0.05) is 0 Å².